The van der Waals surface area contributed by atoms with Crippen molar-refractivity contribution >= 4 is 53.2 Å². The molecule has 0 spiro atoms. The minimum Gasteiger partial charge on any atom is -0.481 e. The first kappa shape index (κ1) is 27.0. The minimum absolute atomic E-state index is 0.241. The largest absolute Gasteiger partial charge is 0.481 e. The fourth-order valence-electron chi connectivity index (χ4n) is 2.13. The lowest BCUT2D eigenvalue weighted by Gasteiger charge is -2.23. The maximum absolute atomic E-state index is 12.7. The van der Waals surface area contributed by atoms with Gasteiger partial charge in [-0.25, -0.2) is 0 Å². The number of carboxylic acids is 2. The van der Waals surface area contributed by atoms with E-state index in [2.05, 4.69) is 16.0 Å². The van der Waals surface area contributed by atoms with E-state index in [1.54, 1.807) is 0 Å². The fraction of sp³-hybridized carbons (Fsp3) is 0.688. The Bertz CT molecular complexity index is 592. The molecule has 0 aliphatic heterocycles. The number of hydrogen-bond donors (Lipinski definition) is 6. The van der Waals surface area contributed by atoms with Crippen molar-refractivity contribution in [2.24, 2.45) is 5.73 Å². The Balaban J connectivity index is 5.14. The monoisotopic (exact) mass is 452 g/mol. The summed E-state index contributed by atoms with van der Waals surface area (Å²) in [5, 5.41) is 24.6. The van der Waals surface area contributed by atoms with Gasteiger partial charge in [0.15, 0.2) is 0 Å². The van der Waals surface area contributed by atoms with E-state index >= 15 is 0 Å². The molecule has 0 aromatic rings. The molecule has 0 fully saturated rings. The Labute approximate surface area is 177 Å². The number of carbonyl (C=O) groups is 5. The molecule has 3 amide bonds. The number of carbonyl (C=O) groups excluding carboxylic acids is 3. The van der Waals surface area contributed by atoms with Crippen molar-refractivity contribution in [3.8, 4) is 0 Å². The van der Waals surface area contributed by atoms with Gasteiger partial charge in [-0.1, -0.05) is 0 Å². The average Bonchev–Trinajstić information content (AvgIpc) is 2.65. The van der Waals surface area contributed by atoms with Crippen LogP contribution in [0, 0.1) is 0 Å². The van der Waals surface area contributed by atoms with Crippen molar-refractivity contribution in [3.63, 3.8) is 0 Å². The number of hydrogen-bond acceptors (Lipinski definition) is 8. The smallest absolute Gasteiger partial charge is 0.322 e. The van der Waals surface area contributed by atoms with E-state index in [0.717, 1.165) is 0 Å². The van der Waals surface area contributed by atoms with Gasteiger partial charge in [0.05, 0.1) is 12.5 Å². The van der Waals surface area contributed by atoms with E-state index in [1.807, 2.05) is 12.5 Å². The number of nitrogens with two attached hydrogens (primary N) is 1. The summed E-state index contributed by atoms with van der Waals surface area (Å²) in [6, 6.07) is -3.31. The van der Waals surface area contributed by atoms with Gasteiger partial charge >= 0.3 is 11.9 Å². The van der Waals surface area contributed by atoms with Crippen molar-refractivity contribution in [1.82, 2.24) is 16.0 Å². The van der Waals surface area contributed by atoms with Crippen LogP contribution in [0.3, 0.4) is 0 Å². The molecule has 166 valence electrons. The van der Waals surface area contributed by atoms with Crippen molar-refractivity contribution in [3.05, 3.63) is 0 Å². The fourth-order valence-corrected chi connectivity index (χ4v) is 3.07. The van der Waals surface area contributed by atoms with Crippen molar-refractivity contribution in [2.45, 2.75) is 37.4 Å². The third-order valence-corrected chi connectivity index (χ3v) is 4.92. The predicted molar refractivity (Wildman–Crippen MR) is 111 cm³/mol. The number of carboxylic acid groups (broad SMARTS) is 2. The van der Waals surface area contributed by atoms with Gasteiger partial charge in [-0.05, 0) is 36.9 Å². The third-order valence-electron chi connectivity index (χ3n) is 3.63. The minimum atomic E-state index is -1.32. The van der Waals surface area contributed by atoms with Crippen LogP contribution in [0.5, 0.6) is 0 Å². The van der Waals surface area contributed by atoms with Crippen molar-refractivity contribution in [1.29, 1.82) is 0 Å². The SMILES string of the molecule is CSCCC(NC(=O)C(N)CC(=O)O)C(=O)NC(CCSC)C(=O)NCC(=O)O. The van der Waals surface area contributed by atoms with E-state index in [0.29, 0.717) is 11.5 Å². The van der Waals surface area contributed by atoms with Gasteiger partial charge in [0.2, 0.25) is 17.7 Å². The lowest BCUT2D eigenvalue weighted by Crippen LogP contribution is -2.56. The van der Waals surface area contributed by atoms with E-state index in [-0.39, 0.29) is 12.8 Å². The van der Waals surface area contributed by atoms with Gasteiger partial charge in [0, 0.05) is 0 Å². The number of thioether (sulfide) groups is 2. The zero-order valence-electron chi connectivity index (χ0n) is 16.3. The maximum atomic E-state index is 12.7. The summed E-state index contributed by atoms with van der Waals surface area (Å²) in [7, 11) is 0. The third kappa shape index (κ3) is 12.2. The first-order valence-electron chi connectivity index (χ1n) is 8.67. The molecular formula is C16H28N4O7S2. The Kier molecular flexibility index (Phi) is 13.9. The summed E-state index contributed by atoms with van der Waals surface area (Å²) < 4.78 is 0. The molecule has 0 saturated heterocycles. The standard InChI is InChI=1S/C16H28N4O7S2/c1-28-5-3-10(15(26)18-8-13(23)24)20-16(27)11(4-6-29-2)19-14(25)9(17)7-12(21)22/h9-11H,3-8,17H2,1-2H3,(H,18,26)(H,19,25)(H,20,27)(H,21,22)(H,23,24). The Morgan fingerprint density at radius 2 is 1.31 bits per heavy atom. The molecule has 3 atom stereocenters. The molecule has 3 unspecified atom stereocenters. The highest BCUT2D eigenvalue weighted by Crippen LogP contribution is 2.05. The van der Waals surface area contributed by atoms with Crippen LogP contribution >= 0.6 is 23.5 Å². The summed E-state index contributed by atoms with van der Waals surface area (Å²) in [6.07, 6.45) is 3.55. The van der Waals surface area contributed by atoms with Crippen LogP contribution in [0.1, 0.15) is 19.3 Å². The second-order valence-electron chi connectivity index (χ2n) is 6.00. The van der Waals surface area contributed by atoms with Crippen LogP contribution in [-0.4, -0.2) is 88.6 Å². The molecule has 0 aliphatic rings. The van der Waals surface area contributed by atoms with Gasteiger partial charge in [-0.15, -0.1) is 0 Å². The van der Waals surface area contributed by atoms with E-state index in [4.69, 9.17) is 15.9 Å². The zero-order chi connectivity index (χ0) is 22.4. The van der Waals surface area contributed by atoms with Gasteiger partial charge in [0.25, 0.3) is 0 Å². The Morgan fingerprint density at radius 3 is 1.76 bits per heavy atom. The molecule has 0 bridgehead atoms. The van der Waals surface area contributed by atoms with Crippen LogP contribution in [0.25, 0.3) is 0 Å². The molecule has 0 aromatic carbocycles. The number of nitrogens with one attached hydrogen (secondary N) is 3. The van der Waals surface area contributed by atoms with Crippen LogP contribution in [0.2, 0.25) is 0 Å². The molecule has 13 heteroatoms. The van der Waals surface area contributed by atoms with Crippen LogP contribution in [0.4, 0.5) is 0 Å². The second-order valence-corrected chi connectivity index (χ2v) is 7.97. The summed E-state index contributed by atoms with van der Waals surface area (Å²) in [6.45, 7) is -0.582. The van der Waals surface area contributed by atoms with E-state index in [9.17, 15) is 24.0 Å². The van der Waals surface area contributed by atoms with Gasteiger partial charge < -0.3 is 31.9 Å². The molecule has 7 N–H and O–H groups in total. The zero-order valence-corrected chi connectivity index (χ0v) is 17.9. The molecule has 0 rings (SSSR count). The first-order valence-corrected chi connectivity index (χ1v) is 11.5. The lowest BCUT2D eigenvalue weighted by molar-refractivity contribution is -0.139. The Morgan fingerprint density at radius 1 is 0.828 bits per heavy atom. The maximum Gasteiger partial charge on any atom is 0.322 e. The van der Waals surface area contributed by atoms with Gasteiger partial charge in [-0.2, -0.15) is 23.5 Å². The highest BCUT2D eigenvalue weighted by molar-refractivity contribution is 7.98. The highest BCUT2D eigenvalue weighted by Gasteiger charge is 2.28. The van der Waals surface area contributed by atoms with E-state index < -0.39 is 60.8 Å². The molecule has 11 nitrogen and oxygen atoms in total. The van der Waals surface area contributed by atoms with Crippen molar-refractivity contribution < 1.29 is 34.2 Å². The quantitative estimate of drug-likeness (QED) is 0.170. The molecule has 0 saturated carbocycles. The van der Waals surface area contributed by atoms with Crippen LogP contribution in [0.15, 0.2) is 0 Å². The van der Waals surface area contributed by atoms with Crippen LogP contribution in [-0.2, 0) is 24.0 Å². The molecule has 0 aliphatic carbocycles. The van der Waals surface area contributed by atoms with Crippen molar-refractivity contribution in [2.75, 3.05) is 30.6 Å². The molecule has 0 radical (unpaired) electrons. The summed E-state index contributed by atoms with van der Waals surface area (Å²) >= 11 is 2.89. The molecular weight excluding hydrogens is 424 g/mol. The normalized spacial score (nSPS) is 13.6. The predicted octanol–water partition coefficient (Wildman–Crippen LogP) is -1.53. The number of rotatable bonds is 15. The molecule has 0 aromatic heterocycles. The number of amides is 3. The first-order chi connectivity index (χ1) is 13.6. The summed E-state index contributed by atoms with van der Waals surface area (Å²) in [4.78, 5) is 58.3. The topological polar surface area (TPSA) is 188 Å². The summed E-state index contributed by atoms with van der Waals surface area (Å²) in [5.74, 6) is -3.47. The molecule has 0 heterocycles. The Hall–Kier alpha value is -1.99. The van der Waals surface area contributed by atoms with Gasteiger partial charge in [0.1, 0.15) is 18.6 Å². The van der Waals surface area contributed by atoms with E-state index in [1.165, 1.54) is 23.5 Å². The lowest BCUT2D eigenvalue weighted by atomic mass is 10.1. The molecule has 29 heavy (non-hydrogen) atoms. The van der Waals surface area contributed by atoms with Gasteiger partial charge in [-0.3, -0.25) is 24.0 Å². The second kappa shape index (κ2) is 14.9. The average molecular weight is 453 g/mol. The summed E-state index contributed by atoms with van der Waals surface area (Å²) in [5.41, 5.74) is 5.53. The van der Waals surface area contributed by atoms with Crippen LogP contribution < -0.4 is 21.7 Å². The number of aliphatic carboxylic acids is 2. The highest BCUT2D eigenvalue weighted by atomic mass is 32.2.